The highest BCUT2D eigenvalue weighted by atomic mass is 32.1. The average Bonchev–Trinajstić information content (AvgIpc) is 3.97. The van der Waals surface area contributed by atoms with Crippen LogP contribution >= 0.6 is 22.7 Å². The Morgan fingerprint density at radius 1 is 0.540 bits per heavy atom. The van der Waals surface area contributed by atoms with Gasteiger partial charge < -0.3 is 0 Å². The molecule has 2 aromatic rings. The molecule has 0 N–H and O–H groups in total. The van der Waals surface area contributed by atoms with Gasteiger partial charge in [0.05, 0.1) is 41.9 Å². The second-order valence-electron chi connectivity index (χ2n) is 23.0. The van der Waals surface area contributed by atoms with Crippen molar-refractivity contribution in [2.24, 2.45) is 41.6 Å². The molecule has 0 saturated carbocycles. The minimum Gasteiger partial charge on any atom is -0.298 e. The second kappa shape index (κ2) is 23.0. The van der Waals surface area contributed by atoms with Crippen LogP contribution in [0.3, 0.4) is 0 Å². The predicted molar refractivity (Wildman–Crippen MR) is 279 cm³/mol. The summed E-state index contributed by atoms with van der Waals surface area (Å²) >= 11 is 3.50. The highest BCUT2D eigenvalue weighted by molar-refractivity contribution is 7.11. The van der Waals surface area contributed by atoms with Gasteiger partial charge in [-0.3, -0.25) is 20.0 Å². The molecule has 0 atom stereocenters. The van der Waals surface area contributed by atoms with E-state index in [4.69, 9.17) is 6.57 Å². The first-order chi connectivity index (χ1) is 28.4. The Labute approximate surface area is 392 Å². The number of nitrogens with zero attached hydrogens (tertiary/aromatic N) is 7. The van der Waals surface area contributed by atoms with E-state index in [-0.39, 0.29) is 38.3 Å². The third-order valence-electron chi connectivity index (χ3n) is 9.86. The Morgan fingerprint density at radius 2 is 1.02 bits per heavy atom. The van der Waals surface area contributed by atoms with Crippen LogP contribution < -0.4 is 0 Å². The summed E-state index contributed by atoms with van der Waals surface area (Å²) in [5, 5.41) is 4.45. The van der Waals surface area contributed by atoms with Crippen LogP contribution in [0.1, 0.15) is 174 Å². The van der Waals surface area contributed by atoms with E-state index < -0.39 is 0 Å². The molecule has 63 heavy (non-hydrogen) atoms. The molecule has 4 aliphatic heterocycles. The number of aryl methyl sites for hydroxylation is 1. The van der Waals surface area contributed by atoms with E-state index in [1.807, 2.05) is 45.5 Å². The molecule has 4 aliphatic rings. The van der Waals surface area contributed by atoms with Gasteiger partial charge in [-0.05, 0) is 68.4 Å². The quantitative estimate of drug-likeness (QED) is 0.247. The van der Waals surface area contributed by atoms with Gasteiger partial charge >= 0.3 is 0 Å². The van der Waals surface area contributed by atoms with E-state index in [9.17, 15) is 4.39 Å². The third kappa shape index (κ3) is 19.1. The Bertz CT molecular complexity index is 2080. The van der Waals surface area contributed by atoms with Gasteiger partial charge in [-0.1, -0.05) is 137 Å². The number of hydrogen-bond donors (Lipinski definition) is 0. The summed E-state index contributed by atoms with van der Waals surface area (Å²) in [6.07, 6.45) is 5.98. The number of aromatic nitrogens is 2. The lowest BCUT2D eigenvalue weighted by atomic mass is 9.86. The molecule has 0 aromatic carbocycles. The molecule has 2 aromatic heterocycles. The topological polar surface area (TPSA) is 79.6 Å². The number of halogens is 1. The highest BCUT2D eigenvalue weighted by Crippen LogP contribution is 2.31. The maximum absolute atomic E-state index is 13.2. The molecule has 0 saturated heterocycles. The lowest BCUT2D eigenvalue weighted by Crippen LogP contribution is -2.19. The van der Waals surface area contributed by atoms with Crippen molar-refractivity contribution >= 4 is 45.5 Å². The summed E-state index contributed by atoms with van der Waals surface area (Å²) in [5.41, 5.74) is 11.7. The van der Waals surface area contributed by atoms with E-state index in [0.29, 0.717) is 18.8 Å². The fourth-order valence-corrected chi connectivity index (χ4v) is 7.66. The van der Waals surface area contributed by atoms with Crippen LogP contribution in [0.4, 0.5) is 4.39 Å². The van der Waals surface area contributed by atoms with Crippen molar-refractivity contribution in [3.8, 4) is 0 Å². The Kier molecular flexibility index (Phi) is 20.9. The predicted octanol–water partition coefficient (Wildman–Crippen LogP) is 15.9. The van der Waals surface area contributed by atoms with Crippen LogP contribution in [0, 0.1) is 35.2 Å². The van der Waals surface area contributed by atoms with Crippen molar-refractivity contribution in [1.82, 2.24) is 9.97 Å². The first kappa shape index (κ1) is 57.3. The number of hydrogen-bond acceptors (Lipinski definition) is 8. The maximum atomic E-state index is 13.2. The molecule has 350 valence electrons. The highest BCUT2D eigenvalue weighted by Gasteiger charge is 2.29. The standard InChI is InChI=1S/C10H14N2.C10H17N.C9H14FN.C9H15N.C8H13NS.C7H11NS/c1-7-6-12-9(8(7)11-5)10(2,3)4;1-7-6-11-9(8(7)2)10(3,4)5;1-6-5-11-8(7(6)10)9(2,3)4;1-7-5-8(10-6-7)9(2,3)4;1-6-5-9-7(10-6)8(2,3)4;1-7(2,3)6-8-4-5-9-6/h6H2,1-4H3;6H2,1-5H3;5H2,1-4H3;5H,6H2,1-4H3;5H,1-4H3;4-5H,1-3H3. The fourth-order valence-electron chi connectivity index (χ4n) is 6.12. The van der Waals surface area contributed by atoms with Gasteiger partial charge in [-0.15, -0.1) is 22.7 Å². The van der Waals surface area contributed by atoms with Crippen molar-refractivity contribution < 1.29 is 4.39 Å². The molecular weight excluding hydrogens is 818 g/mol. The van der Waals surface area contributed by atoms with Gasteiger partial charge in [0.15, 0.2) is 0 Å². The number of allylic oxidation sites excluding steroid dienone is 4. The lowest BCUT2D eigenvalue weighted by molar-refractivity contribution is 0.564. The molecule has 10 heteroatoms. The molecule has 0 amide bonds. The van der Waals surface area contributed by atoms with Crippen LogP contribution in [-0.4, -0.2) is 59.0 Å². The first-order valence-corrected chi connectivity index (χ1v) is 23.9. The third-order valence-corrected chi connectivity index (χ3v) is 12.4. The van der Waals surface area contributed by atoms with Crippen molar-refractivity contribution in [1.29, 1.82) is 0 Å². The lowest BCUT2D eigenvalue weighted by Gasteiger charge is -2.19. The van der Waals surface area contributed by atoms with Crippen LogP contribution in [0.5, 0.6) is 0 Å². The molecule has 0 radical (unpaired) electrons. The molecule has 0 fully saturated rings. The van der Waals surface area contributed by atoms with Crippen molar-refractivity contribution in [2.45, 2.75) is 177 Å². The van der Waals surface area contributed by atoms with Crippen LogP contribution in [-0.2, 0) is 10.8 Å². The van der Waals surface area contributed by atoms with Crippen molar-refractivity contribution in [3.05, 3.63) is 89.5 Å². The number of thiazole rings is 2. The minimum absolute atomic E-state index is 0.0116. The maximum Gasteiger partial charge on any atom is 0.209 e. The minimum atomic E-state index is -0.151. The smallest absolute Gasteiger partial charge is 0.209 e. The molecule has 6 rings (SSSR count). The van der Waals surface area contributed by atoms with Crippen LogP contribution in [0.15, 0.2) is 83.2 Å². The Balaban J connectivity index is 0.000000379. The first-order valence-electron chi connectivity index (χ1n) is 22.2. The molecular formula is C53H84FN7S2. The molecule has 0 aliphatic carbocycles. The molecule has 0 unspecified atom stereocenters. The molecule has 0 spiro atoms. The zero-order valence-corrected chi connectivity index (χ0v) is 45.6. The fraction of sp³-hybridized carbons (Fsp3) is 0.642. The average molecular weight is 902 g/mol. The summed E-state index contributed by atoms with van der Waals surface area (Å²) < 4.78 is 13.2. The van der Waals surface area contributed by atoms with Gasteiger partial charge in [0.1, 0.15) is 5.83 Å². The van der Waals surface area contributed by atoms with Gasteiger partial charge in [0.25, 0.3) is 0 Å². The van der Waals surface area contributed by atoms with Crippen molar-refractivity contribution in [3.63, 3.8) is 0 Å². The van der Waals surface area contributed by atoms with Gasteiger partial charge in [-0.25, -0.2) is 19.2 Å². The summed E-state index contributed by atoms with van der Waals surface area (Å²) in [4.78, 5) is 30.8. The van der Waals surface area contributed by atoms with Crippen molar-refractivity contribution in [2.75, 3.05) is 26.2 Å². The summed E-state index contributed by atoms with van der Waals surface area (Å²) in [7, 11) is 0. The van der Waals surface area contributed by atoms with Crippen LogP contribution in [0.2, 0.25) is 0 Å². The Morgan fingerprint density at radius 3 is 1.24 bits per heavy atom. The largest absolute Gasteiger partial charge is 0.298 e. The van der Waals surface area contributed by atoms with E-state index in [1.54, 1.807) is 29.6 Å². The van der Waals surface area contributed by atoms with Crippen LogP contribution in [0.25, 0.3) is 4.85 Å². The van der Waals surface area contributed by atoms with Gasteiger partial charge in [0.2, 0.25) is 5.70 Å². The van der Waals surface area contributed by atoms with E-state index in [1.165, 1.54) is 43.0 Å². The molecule has 6 heterocycles. The zero-order chi connectivity index (χ0) is 49.1. The normalized spacial score (nSPS) is 16.7. The number of aliphatic imine (C=N–C) groups is 4. The molecule has 0 bridgehead atoms. The van der Waals surface area contributed by atoms with Gasteiger partial charge in [0, 0.05) is 73.4 Å². The summed E-state index contributed by atoms with van der Waals surface area (Å²) in [5.74, 6) is -0.0995. The zero-order valence-electron chi connectivity index (χ0n) is 44.0. The van der Waals surface area contributed by atoms with E-state index in [2.05, 4.69) is 172 Å². The van der Waals surface area contributed by atoms with E-state index in [0.717, 1.165) is 35.6 Å². The summed E-state index contributed by atoms with van der Waals surface area (Å²) in [6.45, 7) is 60.9. The van der Waals surface area contributed by atoms with E-state index >= 15 is 0 Å². The monoisotopic (exact) mass is 902 g/mol. The SMILES string of the molecule is CC(C)(C)c1nccs1.CC1=C(C)C(C(C)(C)C)=NC1.CC1=C(F)C(C(C)(C)C)=NC1.CC1=CC(C(C)(C)C)=NC1.Cc1cnc(C(C)(C)C)s1.[C-]#[N+]C1=C(C)CN=C1C(C)(C)C. The van der Waals surface area contributed by atoms with Gasteiger partial charge in [-0.2, -0.15) is 0 Å². The summed E-state index contributed by atoms with van der Waals surface area (Å²) in [6, 6.07) is 0. The Hall–Kier alpha value is -3.68. The number of rotatable bonds is 0. The molecule has 7 nitrogen and oxygen atoms in total. The second-order valence-corrected chi connectivity index (χ2v) is 25.2.